The molecule has 1 heterocycles. The Bertz CT molecular complexity index is 936. The standard InChI is InChI=1S/C18H18ClN3O4S/c19-16-3-1-15(2-4-16)9-14-27(25,26)21-12-10-20(11-13-21)17-5-7-18(8-6-17)22(23)24/h1-9,14H,10-13H2/b14-9+. The summed E-state index contributed by atoms with van der Waals surface area (Å²) in [4.78, 5) is 12.3. The average molecular weight is 408 g/mol. The topological polar surface area (TPSA) is 83.8 Å². The van der Waals surface area contributed by atoms with Crippen molar-refractivity contribution in [3.63, 3.8) is 0 Å². The molecule has 1 aliphatic heterocycles. The van der Waals surface area contributed by atoms with Gasteiger partial charge in [-0.3, -0.25) is 10.1 Å². The van der Waals surface area contributed by atoms with Gasteiger partial charge < -0.3 is 4.90 Å². The Kier molecular flexibility index (Phi) is 5.79. The molecule has 0 aromatic heterocycles. The van der Waals surface area contributed by atoms with E-state index in [0.29, 0.717) is 31.2 Å². The smallest absolute Gasteiger partial charge is 0.269 e. The van der Waals surface area contributed by atoms with E-state index in [4.69, 9.17) is 11.6 Å². The van der Waals surface area contributed by atoms with Crippen molar-refractivity contribution >= 4 is 39.1 Å². The number of benzene rings is 2. The third-order valence-corrected chi connectivity index (χ3v) is 6.14. The first-order chi connectivity index (χ1) is 12.8. The number of hydrogen-bond donors (Lipinski definition) is 0. The molecule has 0 unspecified atom stereocenters. The first kappa shape index (κ1) is 19.3. The fourth-order valence-corrected chi connectivity index (χ4v) is 4.11. The predicted molar refractivity (Wildman–Crippen MR) is 106 cm³/mol. The number of halogens is 1. The molecule has 3 rings (SSSR count). The van der Waals surface area contributed by atoms with E-state index in [1.165, 1.54) is 21.8 Å². The van der Waals surface area contributed by atoms with E-state index in [2.05, 4.69) is 0 Å². The van der Waals surface area contributed by atoms with Gasteiger partial charge in [-0.25, -0.2) is 8.42 Å². The van der Waals surface area contributed by atoms with Crippen LogP contribution in [0, 0.1) is 10.1 Å². The van der Waals surface area contributed by atoms with E-state index in [1.54, 1.807) is 42.5 Å². The Morgan fingerprint density at radius 1 is 0.963 bits per heavy atom. The van der Waals surface area contributed by atoms with Crippen LogP contribution in [0.25, 0.3) is 6.08 Å². The van der Waals surface area contributed by atoms with Crippen molar-refractivity contribution in [2.75, 3.05) is 31.1 Å². The number of nitro benzene ring substituents is 1. The van der Waals surface area contributed by atoms with Gasteiger partial charge in [0.15, 0.2) is 0 Å². The molecule has 0 radical (unpaired) electrons. The summed E-state index contributed by atoms with van der Waals surface area (Å²) in [5.41, 5.74) is 1.63. The molecule has 0 aliphatic carbocycles. The van der Waals surface area contributed by atoms with Gasteiger partial charge in [0, 0.05) is 54.4 Å². The van der Waals surface area contributed by atoms with Gasteiger partial charge in [-0.1, -0.05) is 23.7 Å². The van der Waals surface area contributed by atoms with Gasteiger partial charge in [0.05, 0.1) is 4.92 Å². The molecule has 1 fully saturated rings. The molecule has 0 saturated carbocycles. The van der Waals surface area contributed by atoms with E-state index in [0.717, 1.165) is 11.3 Å². The lowest BCUT2D eigenvalue weighted by molar-refractivity contribution is -0.384. The molecule has 0 bridgehead atoms. The van der Waals surface area contributed by atoms with Gasteiger partial charge >= 0.3 is 0 Å². The molecule has 0 N–H and O–H groups in total. The highest BCUT2D eigenvalue weighted by atomic mass is 35.5. The van der Waals surface area contributed by atoms with Crippen LogP contribution in [0.4, 0.5) is 11.4 Å². The van der Waals surface area contributed by atoms with Gasteiger partial charge in [0.1, 0.15) is 0 Å². The lowest BCUT2D eigenvalue weighted by Crippen LogP contribution is -2.48. The lowest BCUT2D eigenvalue weighted by Gasteiger charge is -2.34. The monoisotopic (exact) mass is 407 g/mol. The summed E-state index contributed by atoms with van der Waals surface area (Å²) in [5, 5.41) is 12.5. The fraction of sp³-hybridized carbons (Fsp3) is 0.222. The number of rotatable bonds is 5. The zero-order chi connectivity index (χ0) is 19.4. The second-order valence-electron chi connectivity index (χ2n) is 6.06. The van der Waals surface area contributed by atoms with Crippen LogP contribution < -0.4 is 4.90 Å². The van der Waals surface area contributed by atoms with Crippen molar-refractivity contribution < 1.29 is 13.3 Å². The van der Waals surface area contributed by atoms with Crippen LogP contribution >= 0.6 is 11.6 Å². The summed E-state index contributed by atoms with van der Waals surface area (Å²) in [6.45, 7) is 1.74. The number of piperazine rings is 1. The van der Waals surface area contributed by atoms with Gasteiger partial charge in [0.25, 0.3) is 5.69 Å². The molecular formula is C18H18ClN3O4S. The Labute approximate surface area is 162 Å². The molecule has 1 aliphatic rings. The summed E-state index contributed by atoms with van der Waals surface area (Å²) in [6, 6.07) is 13.2. The van der Waals surface area contributed by atoms with E-state index >= 15 is 0 Å². The van der Waals surface area contributed by atoms with Crippen LogP contribution in [0.2, 0.25) is 5.02 Å². The number of hydrogen-bond acceptors (Lipinski definition) is 5. The number of nitrogens with zero attached hydrogens (tertiary/aromatic N) is 3. The Hall–Kier alpha value is -2.42. The first-order valence-electron chi connectivity index (χ1n) is 8.28. The molecule has 7 nitrogen and oxygen atoms in total. The molecule has 2 aromatic rings. The van der Waals surface area contributed by atoms with Gasteiger partial charge in [-0.15, -0.1) is 0 Å². The van der Waals surface area contributed by atoms with Crippen molar-refractivity contribution in [3.8, 4) is 0 Å². The van der Waals surface area contributed by atoms with E-state index in [9.17, 15) is 18.5 Å². The largest absolute Gasteiger partial charge is 0.369 e. The highest BCUT2D eigenvalue weighted by molar-refractivity contribution is 7.92. The minimum Gasteiger partial charge on any atom is -0.369 e. The second kappa shape index (κ2) is 8.08. The van der Waals surface area contributed by atoms with Crippen LogP contribution in [-0.4, -0.2) is 43.8 Å². The normalized spacial score (nSPS) is 16.0. The van der Waals surface area contributed by atoms with E-state index in [-0.39, 0.29) is 5.69 Å². The minimum absolute atomic E-state index is 0.0345. The molecule has 142 valence electrons. The van der Waals surface area contributed by atoms with Crippen molar-refractivity contribution in [1.82, 2.24) is 4.31 Å². The van der Waals surface area contributed by atoms with Gasteiger partial charge in [-0.2, -0.15) is 4.31 Å². The van der Waals surface area contributed by atoms with Crippen molar-refractivity contribution in [2.45, 2.75) is 0 Å². The van der Waals surface area contributed by atoms with Crippen molar-refractivity contribution in [1.29, 1.82) is 0 Å². The molecule has 9 heteroatoms. The number of anilines is 1. The zero-order valence-electron chi connectivity index (χ0n) is 14.4. The molecule has 2 aromatic carbocycles. The highest BCUT2D eigenvalue weighted by Gasteiger charge is 2.25. The summed E-state index contributed by atoms with van der Waals surface area (Å²) in [7, 11) is -3.51. The SMILES string of the molecule is O=[N+]([O-])c1ccc(N2CCN(S(=O)(=O)/C=C/c3ccc(Cl)cc3)CC2)cc1. The third-order valence-electron chi connectivity index (χ3n) is 4.33. The molecule has 0 atom stereocenters. The molecular weight excluding hydrogens is 390 g/mol. The van der Waals surface area contributed by atoms with Crippen LogP contribution in [0.15, 0.2) is 53.9 Å². The maximum absolute atomic E-state index is 12.5. The molecule has 0 amide bonds. The Morgan fingerprint density at radius 2 is 1.56 bits per heavy atom. The maximum atomic E-state index is 12.5. The molecule has 0 spiro atoms. The second-order valence-corrected chi connectivity index (χ2v) is 8.31. The molecule has 27 heavy (non-hydrogen) atoms. The van der Waals surface area contributed by atoms with Crippen LogP contribution in [0.5, 0.6) is 0 Å². The van der Waals surface area contributed by atoms with Crippen LogP contribution in [0.1, 0.15) is 5.56 Å². The number of sulfonamides is 1. The maximum Gasteiger partial charge on any atom is 0.269 e. The quantitative estimate of drug-likeness (QED) is 0.560. The van der Waals surface area contributed by atoms with E-state index in [1.807, 2.05) is 4.90 Å². The average Bonchev–Trinajstić information content (AvgIpc) is 2.68. The lowest BCUT2D eigenvalue weighted by atomic mass is 10.2. The third kappa shape index (κ3) is 4.85. The zero-order valence-corrected chi connectivity index (χ0v) is 15.9. The summed E-state index contributed by atoms with van der Waals surface area (Å²) >= 11 is 5.82. The first-order valence-corrected chi connectivity index (χ1v) is 10.2. The summed E-state index contributed by atoms with van der Waals surface area (Å²) < 4.78 is 26.4. The fourth-order valence-electron chi connectivity index (χ4n) is 2.81. The summed E-state index contributed by atoms with van der Waals surface area (Å²) in [5.74, 6) is 0. The predicted octanol–water partition coefficient (Wildman–Crippen LogP) is 3.37. The highest BCUT2D eigenvalue weighted by Crippen LogP contribution is 2.22. The van der Waals surface area contributed by atoms with Crippen molar-refractivity contribution in [2.24, 2.45) is 0 Å². The molecule has 1 saturated heterocycles. The Balaban J connectivity index is 1.62. The summed E-state index contributed by atoms with van der Waals surface area (Å²) in [6.07, 6.45) is 1.55. The van der Waals surface area contributed by atoms with Crippen LogP contribution in [-0.2, 0) is 10.0 Å². The minimum atomic E-state index is -3.51. The number of non-ortho nitro benzene ring substituents is 1. The van der Waals surface area contributed by atoms with Gasteiger partial charge in [0.2, 0.25) is 10.0 Å². The number of nitro groups is 1. The Morgan fingerprint density at radius 3 is 2.11 bits per heavy atom. The van der Waals surface area contributed by atoms with E-state index < -0.39 is 14.9 Å². The van der Waals surface area contributed by atoms with Gasteiger partial charge in [-0.05, 0) is 35.9 Å². The van der Waals surface area contributed by atoms with Crippen LogP contribution in [0.3, 0.4) is 0 Å². The van der Waals surface area contributed by atoms with Crippen molar-refractivity contribution in [3.05, 3.63) is 74.6 Å².